The molecule has 0 saturated heterocycles. The summed E-state index contributed by atoms with van der Waals surface area (Å²) in [6.45, 7) is 3.11. The molecule has 20 heavy (non-hydrogen) atoms. The summed E-state index contributed by atoms with van der Waals surface area (Å²) in [5, 5.41) is 0. The molecule has 0 atom stereocenters. The highest BCUT2D eigenvalue weighted by atomic mass is 19.4. The second-order valence-electron chi connectivity index (χ2n) is 3.76. The van der Waals surface area contributed by atoms with Crippen molar-refractivity contribution in [2.75, 3.05) is 13.7 Å². The number of halogens is 3. The highest BCUT2D eigenvalue weighted by Gasteiger charge is 2.34. The Morgan fingerprint density at radius 3 is 2.55 bits per heavy atom. The number of hydrogen-bond acceptors (Lipinski definition) is 5. The standard InChI is InChI=1S/C12H14F3NO4/c1-4-19-10(17)5-8-11(20-12(13,14)15)7(2)9(18-3)6-16-8/h6H,4-5H2,1-3H3. The Morgan fingerprint density at radius 2 is 2.05 bits per heavy atom. The van der Waals surface area contributed by atoms with Gasteiger partial charge in [-0.1, -0.05) is 0 Å². The van der Waals surface area contributed by atoms with Gasteiger partial charge in [-0.2, -0.15) is 0 Å². The number of hydrogen-bond donors (Lipinski definition) is 0. The molecule has 0 unspecified atom stereocenters. The van der Waals surface area contributed by atoms with Crippen molar-refractivity contribution in [3.05, 3.63) is 17.5 Å². The molecule has 1 heterocycles. The first-order valence-electron chi connectivity index (χ1n) is 5.72. The van der Waals surface area contributed by atoms with Gasteiger partial charge in [-0.25, -0.2) is 0 Å². The maximum atomic E-state index is 12.4. The molecule has 0 aliphatic heterocycles. The van der Waals surface area contributed by atoms with Crippen molar-refractivity contribution in [1.29, 1.82) is 0 Å². The fraction of sp³-hybridized carbons (Fsp3) is 0.500. The lowest BCUT2D eigenvalue weighted by Crippen LogP contribution is -2.20. The summed E-state index contributed by atoms with van der Waals surface area (Å²) in [7, 11) is 1.30. The van der Waals surface area contributed by atoms with E-state index in [4.69, 9.17) is 4.74 Å². The summed E-state index contributed by atoms with van der Waals surface area (Å²) in [6, 6.07) is 0. The van der Waals surface area contributed by atoms with Crippen LogP contribution in [0, 0.1) is 6.92 Å². The summed E-state index contributed by atoms with van der Waals surface area (Å²) >= 11 is 0. The summed E-state index contributed by atoms with van der Waals surface area (Å²) in [5.74, 6) is -1.08. The monoisotopic (exact) mass is 293 g/mol. The fourth-order valence-electron chi connectivity index (χ4n) is 1.55. The van der Waals surface area contributed by atoms with Crippen molar-refractivity contribution in [1.82, 2.24) is 4.98 Å². The molecule has 0 N–H and O–H groups in total. The van der Waals surface area contributed by atoms with Crippen LogP contribution in [0.15, 0.2) is 6.20 Å². The van der Waals surface area contributed by atoms with Crippen LogP contribution in [-0.4, -0.2) is 31.0 Å². The van der Waals surface area contributed by atoms with E-state index in [1.807, 2.05) is 0 Å². The van der Waals surface area contributed by atoms with Crippen molar-refractivity contribution in [2.45, 2.75) is 26.6 Å². The summed E-state index contributed by atoms with van der Waals surface area (Å²) in [5.41, 5.74) is -0.0433. The minimum atomic E-state index is -4.89. The van der Waals surface area contributed by atoms with Crippen LogP contribution in [0.3, 0.4) is 0 Å². The Bertz CT molecular complexity index is 488. The van der Waals surface area contributed by atoms with E-state index in [9.17, 15) is 18.0 Å². The van der Waals surface area contributed by atoms with Gasteiger partial charge >= 0.3 is 12.3 Å². The Morgan fingerprint density at radius 1 is 1.40 bits per heavy atom. The third kappa shape index (κ3) is 4.29. The van der Waals surface area contributed by atoms with E-state index in [1.54, 1.807) is 6.92 Å². The quantitative estimate of drug-likeness (QED) is 0.780. The molecular weight excluding hydrogens is 279 g/mol. The van der Waals surface area contributed by atoms with E-state index in [0.29, 0.717) is 0 Å². The van der Waals surface area contributed by atoms with Gasteiger partial charge in [0.1, 0.15) is 5.75 Å². The molecule has 0 fully saturated rings. The van der Waals surface area contributed by atoms with E-state index < -0.39 is 24.5 Å². The average Bonchev–Trinajstić information content (AvgIpc) is 2.33. The molecule has 0 spiro atoms. The number of alkyl halides is 3. The van der Waals surface area contributed by atoms with E-state index in [1.165, 1.54) is 20.2 Å². The maximum absolute atomic E-state index is 12.4. The van der Waals surface area contributed by atoms with Crippen molar-refractivity contribution in [3.63, 3.8) is 0 Å². The van der Waals surface area contributed by atoms with Crippen LogP contribution in [0.1, 0.15) is 18.2 Å². The first-order valence-corrected chi connectivity index (χ1v) is 5.72. The lowest BCUT2D eigenvalue weighted by molar-refractivity contribution is -0.275. The summed E-state index contributed by atoms with van der Waals surface area (Å²) in [4.78, 5) is 15.1. The molecule has 5 nitrogen and oxygen atoms in total. The Hall–Kier alpha value is -1.99. The molecule has 112 valence electrons. The van der Waals surface area contributed by atoms with Crippen LogP contribution in [0.4, 0.5) is 13.2 Å². The zero-order chi connectivity index (χ0) is 15.3. The topological polar surface area (TPSA) is 57.7 Å². The van der Waals surface area contributed by atoms with Gasteiger partial charge in [0, 0.05) is 5.56 Å². The lowest BCUT2D eigenvalue weighted by Gasteiger charge is -2.16. The Labute approximate surface area is 113 Å². The summed E-state index contributed by atoms with van der Waals surface area (Å²) in [6.07, 6.45) is -4.07. The van der Waals surface area contributed by atoms with Crippen LogP contribution < -0.4 is 9.47 Å². The van der Waals surface area contributed by atoms with Gasteiger partial charge in [0.2, 0.25) is 0 Å². The second-order valence-corrected chi connectivity index (χ2v) is 3.76. The number of rotatable bonds is 5. The average molecular weight is 293 g/mol. The highest BCUT2D eigenvalue weighted by molar-refractivity contribution is 5.73. The van der Waals surface area contributed by atoms with Crippen LogP contribution >= 0.6 is 0 Å². The number of ether oxygens (including phenoxy) is 3. The van der Waals surface area contributed by atoms with Gasteiger partial charge in [-0.3, -0.25) is 9.78 Å². The minimum absolute atomic E-state index is 0.110. The van der Waals surface area contributed by atoms with Crippen LogP contribution in [0.5, 0.6) is 11.5 Å². The van der Waals surface area contributed by atoms with Gasteiger partial charge in [0.25, 0.3) is 0 Å². The fourth-order valence-corrected chi connectivity index (χ4v) is 1.55. The van der Waals surface area contributed by atoms with E-state index in [2.05, 4.69) is 14.5 Å². The second kappa shape index (κ2) is 6.44. The first-order chi connectivity index (χ1) is 9.28. The summed E-state index contributed by atoms with van der Waals surface area (Å²) < 4.78 is 50.7. The molecule has 0 saturated carbocycles. The zero-order valence-corrected chi connectivity index (χ0v) is 11.2. The Kier molecular flexibility index (Phi) is 5.18. The van der Waals surface area contributed by atoms with Crippen LogP contribution in [0.2, 0.25) is 0 Å². The molecule has 0 bridgehead atoms. The smallest absolute Gasteiger partial charge is 0.495 e. The molecular formula is C12H14F3NO4. The van der Waals surface area contributed by atoms with Gasteiger partial charge in [-0.05, 0) is 13.8 Å². The third-order valence-electron chi connectivity index (χ3n) is 2.36. The molecule has 8 heteroatoms. The first kappa shape index (κ1) is 16.1. The normalized spacial score (nSPS) is 11.1. The highest BCUT2D eigenvalue weighted by Crippen LogP contribution is 2.34. The van der Waals surface area contributed by atoms with Crippen molar-refractivity contribution >= 4 is 5.97 Å². The molecule has 0 amide bonds. The van der Waals surface area contributed by atoms with Crippen LogP contribution in [-0.2, 0) is 16.0 Å². The SMILES string of the molecule is CCOC(=O)Cc1ncc(OC)c(C)c1OC(F)(F)F. The number of carbonyl (C=O) groups excluding carboxylic acids is 1. The van der Waals surface area contributed by atoms with E-state index in [0.717, 1.165) is 0 Å². The molecule has 1 rings (SSSR count). The predicted molar refractivity (Wildman–Crippen MR) is 62.5 cm³/mol. The van der Waals surface area contributed by atoms with E-state index >= 15 is 0 Å². The van der Waals surface area contributed by atoms with Crippen molar-refractivity contribution in [3.8, 4) is 11.5 Å². The molecule has 0 aromatic carbocycles. The van der Waals surface area contributed by atoms with Gasteiger partial charge < -0.3 is 14.2 Å². The van der Waals surface area contributed by atoms with Crippen molar-refractivity contribution < 1.29 is 32.2 Å². The predicted octanol–water partition coefficient (Wildman–Crippen LogP) is 2.40. The van der Waals surface area contributed by atoms with Crippen LogP contribution in [0.25, 0.3) is 0 Å². The number of nitrogens with zero attached hydrogens (tertiary/aromatic N) is 1. The molecule has 1 aromatic rings. The molecule has 0 aliphatic carbocycles. The maximum Gasteiger partial charge on any atom is 0.573 e. The van der Waals surface area contributed by atoms with Gasteiger partial charge in [-0.15, -0.1) is 13.2 Å². The zero-order valence-electron chi connectivity index (χ0n) is 11.2. The minimum Gasteiger partial charge on any atom is -0.495 e. The molecule has 0 radical (unpaired) electrons. The lowest BCUT2D eigenvalue weighted by atomic mass is 10.1. The number of methoxy groups -OCH3 is 1. The number of pyridine rings is 1. The van der Waals surface area contributed by atoms with Crippen molar-refractivity contribution in [2.24, 2.45) is 0 Å². The molecule has 0 aliphatic rings. The van der Waals surface area contributed by atoms with Gasteiger partial charge in [0.05, 0.1) is 32.0 Å². The number of esters is 1. The van der Waals surface area contributed by atoms with E-state index in [-0.39, 0.29) is 23.6 Å². The third-order valence-corrected chi connectivity index (χ3v) is 2.36. The molecule has 1 aromatic heterocycles. The largest absolute Gasteiger partial charge is 0.573 e. The number of aromatic nitrogens is 1. The number of carbonyl (C=O) groups is 1. The Balaban J connectivity index is 3.15. The van der Waals surface area contributed by atoms with Gasteiger partial charge in [0.15, 0.2) is 5.75 Å².